The molecule has 2 aliphatic rings. The first kappa shape index (κ1) is 7.82. The van der Waals surface area contributed by atoms with Crippen LogP contribution in [0.5, 0.6) is 0 Å². The summed E-state index contributed by atoms with van der Waals surface area (Å²) in [5, 5.41) is 8.97. The van der Waals surface area contributed by atoms with Crippen molar-refractivity contribution in [2.24, 2.45) is 5.41 Å². The standard InChI is InChI=1S/C10H13NO/c1-6-7(5-11)10(2,3)4-8-9(6)12-8/h8-9H,4H2,1-3H3/t8-,9-/m1/s1. The van der Waals surface area contributed by atoms with Gasteiger partial charge in [0.1, 0.15) is 6.10 Å². The van der Waals surface area contributed by atoms with Gasteiger partial charge in [0, 0.05) is 11.0 Å². The zero-order chi connectivity index (χ0) is 8.93. The zero-order valence-corrected chi connectivity index (χ0v) is 7.72. The van der Waals surface area contributed by atoms with Crippen molar-refractivity contribution in [3.05, 3.63) is 11.1 Å². The van der Waals surface area contributed by atoms with Crippen LogP contribution in [0.1, 0.15) is 27.2 Å². The van der Waals surface area contributed by atoms with Crippen LogP contribution < -0.4 is 0 Å². The van der Waals surface area contributed by atoms with Crippen molar-refractivity contribution < 1.29 is 4.74 Å². The third-order valence-corrected chi connectivity index (χ3v) is 2.90. The molecule has 1 fully saturated rings. The van der Waals surface area contributed by atoms with Gasteiger partial charge in [-0.15, -0.1) is 0 Å². The van der Waals surface area contributed by atoms with Gasteiger partial charge in [-0.3, -0.25) is 0 Å². The van der Waals surface area contributed by atoms with Crippen LogP contribution in [0.4, 0.5) is 0 Å². The van der Waals surface area contributed by atoms with Crippen molar-refractivity contribution in [3.8, 4) is 6.07 Å². The number of ether oxygens (including phenoxy) is 1. The lowest BCUT2D eigenvalue weighted by molar-refractivity contribution is 0.325. The van der Waals surface area contributed by atoms with Crippen LogP contribution in [0, 0.1) is 16.7 Å². The van der Waals surface area contributed by atoms with Crippen LogP contribution in [0.15, 0.2) is 11.1 Å². The van der Waals surface area contributed by atoms with Gasteiger partial charge in [0.25, 0.3) is 0 Å². The number of hydrogen-bond donors (Lipinski definition) is 0. The van der Waals surface area contributed by atoms with Crippen molar-refractivity contribution in [3.63, 3.8) is 0 Å². The fraction of sp³-hybridized carbons (Fsp3) is 0.700. The monoisotopic (exact) mass is 163 g/mol. The van der Waals surface area contributed by atoms with E-state index in [2.05, 4.69) is 19.9 Å². The second kappa shape index (κ2) is 2.11. The fourth-order valence-corrected chi connectivity index (χ4v) is 2.20. The molecule has 2 heteroatoms. The molecular weight excluding hydrogens is 150 g/mol. The Morgan fingerprint density at radius 1 is 1.58 bits per heavy atom. The molecule has 0 aromatic carbocycles. The second-order valence-corrected chi connectivity index (χ2v) is 4.35. The van der Waals surface area contributed by atoms with Crippen LogP contribution in [-0.4, -0.2) is 12.2 Å². The van der Waals surface area contributed by atoms with E-state index in [1.54, 1.807) is 0 Å². The van der Waals surface area contributed by atoms with Crippen LogP contribution in [0.3, 0.4) is 0 Å². The lowest BCUT2D eigenvalue weighted by Gasteiger charge is -2.27. The topological polar surface area (TPSA) is 36.3 Å². The Kier molecular flexibility index (Phi) is 1.38. The molecule has 2 rings (SSSR count). The number of rotatable bonds is 0. The Labute approximate surface area is 72.8 Å². The summed E-state index contributed by atoms with van der Waals surface area (Å²) in [7, 11) is 0. The molecule has 1 aliphatic carbocycles. The normalized spacial score (nSPS) is 37.2. The number of nitrogens with zero attached hydrogens (tertiary/aromatic N) is 1. The minimum Gasteiger partial charge on any atom is -0.365 e. The van der Waals surface area contributed by atoms with Gasteiger partial charge in [0.15, 0.2) is 0 Å². The lowest BCUT2D eigenvalue weighted by atomic mass is 9.73. The third-order valence-electron chi connectivity index (χ3n) is 2.90. The predicted octanol–water partition coefficient (Wildman–Crippen LogP) is 2.02. The van der Waals surface area contributed by atoms with E-state index >= 15 is 0 Å². The molecule has 0 aromatic heterocycles. The first-order valence-electron chi connectivity index (χ1n) is 4.33. The SMILES string of the molecule is CC1=C(C#N)C(C)(C)C[C@H]2O[C@H]12. The molecule has 12 heavy (non-hydrogen) atoms. The molecule has 2 nitrogen and oxygen atoms in total. The number of fused-ring (bicyclic) bond motifs is 1. The highest BCUT2D eigenvalue weighted by Crippen LogP contribution is 2.48. The minimum absolute atomic E-state index is 0.0243. The van der Waals surface area contributed by atoms with Gasteiger partial charge in [-0.2, -0.15) is 5.26 Å². The van der Waals surface area contributed by atoms with Gasteiger partial charge < -0.3 is 4.74 Å². The smallest absolute Gasteiger partial charge is 0.106 e. The molecule has 2 atom stereocenters. The van der Waals surface area contributed by atoms with Crippen LogP contribution >= 0.6 is 0 Å². The molecule has 0 N–H and O–H groups in total. The van der Waals surface area contributed by atoms with Crippen LogP contribution in [0.25, 0.3) is 0 Å². The highest BCUT2D eigenvalue weighted by atomic mass is 16.6. The molecule has 0 bridgehead atoms. The molecule has 0 radical (unpaired) electrons. The summed E-state index contributed by atoms with van der Waals surface area (Å²) in [5.41, 5.74) is 2.11. The highest BCUT2D eigenvalue weighted by Gasteiger charge is 2.50. The van der Waals surface area contributed by atoms with E-state index < -0.39 is 0 Å². The van der Waals surface area contributed by atoms with Gasteiger partial charge in [-0.25, -0.2) is 0 Å². The average Bonchev–Trinajstić information content (AvgIpc) is 2.65. The van der Waals surface area contributed by atoms with Crippen molar-refractivity contribution >= 4 is 0 Å². The molecule has 0 saturated carbocycles. The summed E-state index contributed by atoms with van der Waals surface area (Å²) in [6.45, 7) is 6.25. The maximum absolute atomic E-state index is 8.97. The van der Waals surface area contributed by atoms with E-state index in [0.29, 0.717) is 6.10 Å². The van der Waals surface area contributed by atoms with Crippen molar-refractivity contribution in [2.75, 3.05) is 0 Å². The molecule has 1 saturated heterocycles. The quantitative estimate of drug-likeness (QED) is 0.512. The molecule has 1 heterocycles. The second-order valence-electron chi connectivity index (χ2n) is 4.35. The van der Waals surface area contributed by atoms with Gasteiger partial charge in [-0.05, 0) is 18.9 Å². The zero-order valence-electron chi connectivity index (χ0n) is 7.72. The van der Waals surface area contributed by atoms with Gasteiger partial charge in [-0.1, -0.05) is 13.8 Å². The summed E-state index contributed by atoms with van der Waals surface area (Å²) in [5.74, 6) is 0. The summed E-state index contributed by atoms with van der Waals surface area (Å²) in [4.78, 5) is 0. The maximum atomic E-state index is 8.97. The number of allylic oxidation sites excluding steroid dienone is 1. The molecule has 0 amide bonds. The van der Waals surface area contributed by atoms with Crippen molar-refractivity contribution in [1.82, 2.24) is 0 Å². The molecule has 1 aliphatic heterocycles. The average molecular weight is 163 g/mol. The molecular formula is C10H13NO. The minimum atomic E-state index is 0.0243. The highest BCUT2D eigenvalue weighted by molar-refractivity contribution is 5.40. The molecule has 0 unspecified atom stereocenters. The Bertz CT molecular complexity index is 295. The van der Waals surface area contributed by atoms with E-state index in [1.807, 2.05) is 6.92 Å². The number of epoxide rings is 1. The van der Waals surface area contributed by atoms with Crippen LogP contribution in [0.2, 0.25) is 0 Å². The molecule has 0 spiro atoms. The lowest BCUT2D eigenvalue weighted by Crippen LogP contribution is -2.24. The van der Waals surface area contributed by atoms with Crippen molar-refractivity contribution in [2.45, 2.75) is 39.4 Å². The van der Waals surface area contributed by atoms with E-state index in [4.69, 9.17) is 10.00 Å². The van der Waals surface area contributed by atoms with E-state index in [0.717, 1.165) is 17.6 Å². The van der Waals surface area contributed by atoms with Crippen molar-refractivity contribution in [1.29, 1.82) is 5.26 Å². The van der Waals surface area contributed by atoms with Crippen LogP contribution in [-0.2, 0) is 4.74 Å². The maximum Gasteiger partial charge on any atom is 0.106 e. The van der Waals surface area contributed by atoms with E-state index in [1.165, 1.54) is 0 Å². The molecule has 64 valence electrons. The third kappa shape index (κ3) is 0.899. The van der Waals surface area contributed by atoms with Gasteiger partial charge >= 0.3 is 0 Å². The first-order chi connectivity index (χ1) is 5.56. The van der Waals surface area contributed by atoms with Gasteiger partial charge in [0.2, 0.25) is 0 Å². The fourth-order valence-electron chi connectivity index (χ4n) is 2.20. The number of nitriles is 1. The molecule has 0 aromatic rings. The summed E-state index contributed by atoms with van der Waals surface area (Å²) in [6.07, 6.45) is 1.67. The summed E-state index contributed by atoms with van der Waals surface area (Å²) < 4.78 is 5.45. The Hall–Kier alpha value is -0.810. The van der Waals surface area contributed by atoms with E-state index in [-0.39, 0.29) is 11.5 Å². The largest absolute Gasteiger partial charge is 0.365 e. The Morgan fingerprint density at radius 3 is 2.83 bits per heavy atom. The summed E-state index contributed by atoms with van der Waals surface area (Å²) >= 11 is 0. The number of hydrogen-bond acceptors (Lipinski definition) is 2. The predicted molar refractivity (Wildman–Crippen MR) is 45.4 cm³/mol. The van der Waals surface area contributed by atoms with Gasteiger partial charge in [0.05, 0.1) is 12.2 Å². The van der Waals surface area contributed by atoms with E-state index in [9.17, 15) is 0 Å². The first-order valence-corrected chi connectivity index (χ1v) is 4.33. The summed E-state index contributed by atoms with van der Waals surface area (Å²) in [6, 6.07) is 2.30. The Morgan fingerprint density at radius 2 is 2.25 bits per heavy atom. The Balaban J connectivity index is 2.44.